The molecular weight excluding hydrogens is 386 g/mol. The van der Waals surface area contributed by atoms with Crippen molar-refractivity contribution in [3.8, 4) is 5.75 Å². The van der Waals surface area contributed by atoms with E-state index in [0.29, 0.717) is 29.9 Å². The van der Waals surface area contributed by atoms with E-state index >= 15 is 0 Å². The van der Waals surface area contributed by atoms with Gasteiger partial charge in [-0.25, -0.2) is 4.79 Å². The molecule has 6 heteroatoms. The molecule has 1 heterocycles. The molecule has 2 aromatic carbocycles. The first-order chi connectivity index (χ1) is 14.1. The molecule has 29 heavy (non-hydrogen) atoms. The minimum Gasteiger partial charge on any atom is -0.497 e. The van der Waals surface area contributed by atoms with Crippen LogP contribution in [0.1, 0.15) is 24.0 Å². The van der Waals surface area contributed by atoms with Gasteiger partial charge in [0.1, 0.15) is 11.3 Å². The summed E-state index contributed by atoms with van der Waals surface area (Å²) in [6.07, 6.45) is 1.52. The van der Waals surface area contributed by atoms with Crippen molar-refractivity contribution in [1.82, 2.24) is 5.32 Å². The fourth-order valence-corrected chi connectivity index (χ4v) is 4.00. The van der Waals surface area contributed by atoms with Gasteiger partial charge in [-0.2, -0.15) is 0 Å². The van der Waals surface area contributed by atoms with E-state index < -0.39 is 5.63 Å². The van der Waals surface area contributed by atoms with Crippen molar-refractivity contribution in [2.45, 2.75) is 31.1 Å². The van der Waals surface area contributed by atoms with Crippen LogP contribution in [0.4, 0.5) is 0 Å². The fourth-order valence-electron chi connectivity index (χ4n) is 3.12. The summed E-state index contributed by atoms with van der Waals surface area (Å²) in [4.78, 5) is 25.7. The second-order valence-corrected chi connectivity index (χ2v) is 7.89. The third-order valence-corrected chi connectivity index (χ3v) is 5.85. The second kappa shape index (κ2) is 10.2. The number of aryl methyl sites for hydroxylation is 1. The number of thioether (sulfide) groups is 1. The van der Waals surface area contributed by atoms with Gasteiger partial charge < -0.3 is 14.5 Å². The van der Waals surface area contributed by atoms with Crippen molar-refractivity contribution < 1.29 is 13.9 Å². The third-order valence-electron chi connectivity index (χ3n) is 4.75. The zero-order valence-electron chi connectivity index (χ0n) is 16.7. The number of hydrogen-bond donors (Lipinski definition) is 1. The van der Waals surface area contributed by atoms with Crippen LogP contribution >= 0.6 is 11.8 Å². The highest BCUT2D eigenvalue weighted by atomic mass is 32.2. The van der Waals surface area contributed by atoms with E-state index in [2.05, 4.69) is 17.4 Å². The first-order valence-electron chi connectivity index (χ1n) is 9.63. The van der Waals surface area contributed by atoms with Crippen LogP contribution in [-0.2, 0) is 11.2 Å². The van der Waals surface area contributed by atoms with E-state index in [1.807, 2.05) is 37.3 Å². The third kappa shape index (κ3) is 5.64. The molecule has 3 rings (SSSR count). The van der Waals surface area contributed by atoms with Crippen LogP contribution in [0.25, 0.3) is 11.0 Å². The summed E-state index contributed by atoms with van der Waals surface area (Å²) in [6, 6.07) is 15.6. The Hall–Kier alpha value is -2.73. The summed E-state index contributed by atoms with van der Waals surface area (Å²) in [5.74, 6) is 1.53. The van der Waals surface area contributed by atoms with Crippen molar-refractivity contribution in [1.29, 1.82) is 0 Å². The van der Waals surface area contributed by atoms with Crippen molar-refractivity contribution in [2.24, 2.45) is 0 Å². The molecule has 0 spiro atoms. The first kappa shape index (κ1) is 21.0. The van der Waals surface area contributed by atoms with Crippen molar-refractivity contribution in [3.63, 3.8) is 0 Å². The van der Waals surface area contributed by atoms with Gasteiger partial charge in [0.05, 0.1) is 7.11 Å². The number of rotatable bonds is 9. The number of hydrogen-bond acceptors (Lipinski definition) is 5. The van der Waals surface area contributed by atoms with Gasteiger partial charge in [0.25, 0.3) is 0 Å². The van der Waals surface area contributed by atoms with Crippen molar-refractivity contribution >= 4 is 28.6 Å². The van der Waals surface area contributed by atoms with E-state index in [0.717, 1.165) is 23.1 Å². The van der Waals surface area contributed by atoms with Gasteiger partial charge in [0, 0.05) is 34.9 Å². The Morgan fingerprint density at radius 3 is 2.72 bits per heavy atom. The maximum Gasteiger partial charge on any atom is 0.339 e. The van der Waals surface area contributed by atoms with Gasteiger partial charge in [-0.05, 0) is 55.3 Å². The summed E-state index contributed by atoms with van der Waals surface area (Å²) in [5.41, 5.74) is 1.51. The zero-order valence-corrected chi connectivity index (χ0v) is 17.5. The van der Waals surface area contributed by atoms with Crippen LogP contribution in [-0.4, -0.2) is 25.3 Å². The average molecular weight is 412 g/mol. The molecule has 0 saturated carbocycles. The molecule has 1 aromatic heterocycles. The Bertz CT molecular complexity index is 1030. The minimum absolute atomic E-state index is 0.0525. The highest BCUT2D eigenvalue weighted by molar-refractivity contribution is 7.99. The maximum absolute atomic E-state index is 12.4. The number of amides is 1. The van der Waals surface area contributed by atoms with Crippen LogP contribution in [0.3, 0.4) is 0 Å². The van der Waals surface area contributed by atoms with Crippen molar-refractivity contribution in [2.75, 3.05) is 19.4 Å². The Kier molecular flexibility index (Phi) is 7.36. The fraction of sp³-hybridized carbons (Fsp3) is 0.304. The number of carbonyl (C=O) groups is 1. The molecule has 0 fully saturated rings. The normalized spacial score (nSPS) is 10.8. The summed E-state index contributed by atoms with van der Waals surface area (Å²) < 4.78 is 10.6. The van der Waals surface area contributed by atoms with Gasteiger partial charge in [-0.15, -0.1) is 11.8 Å². The molecule has 0 atom stereocenters. The lowest BCUT2D eigenvalue weighted by molar-refractivity contribution is -0.121. The molecule has 0 aliphatic heterocycles. The quantitative estimate of drug-likeness (QED) is 0.322. The summed E-state index contributed by atoms with van der Waals surface area (Å²) in [6.45, 7) is 2.52. The number of ether oxygens (including phenoxy) is 1. The largest absolute Gasteiger partial charge is 0.497 e. The van der Waals surface area contributed by atoms with Crippen LogP contribution in [0, 0.1) is 6.92 Å². The molecule has 1 amide bonds. The van der Waals surface area contributed by atoms with Gasteiger partial charge in [0.15, 0.2) is 0 Å². The molecule has 5 nitrogen and oxygen atoms in total. The Balaban J connectivity index is 1.49. The first-order valence-corrected chi connectivity index (χ1v) is 10.6. The lowest BCUT2D eigenvalue weighted by Crippen LogP contribution is -2.26. The van der Waals surface area contributed by atoms with Gasteiger partial charge in [-0.1, -0.05) is 18.2 Å². The highest BCUT2D eigenvalue weighted by Crippen LogP contribution is 2.24. The minimum atomic E-state index is -0.393. The predicted octanol–water partition coefficient (Wildman–Crippen LogP) is 4.34. The maximum atomic E-state index is 12.4. The lowest BCUT2D eigenvalue weighted by Gasteiger charge is -2.09. The Morgan fingerprint density at radius 1 is 1.17 bits per heavy atom. The van der Waals surface area contributed by atoms with Crippen LogP contribution in [0.15, 0.2) is 62.6 Å². The second-order valence-electron chi connectivity index (χ2n) is 6.72. The number of carbonyl (C=O) groups excluding carboxylic acids is 1. The van der Waals surface area contributed by atoms with E-state index in [9.17, 15) is 9.59 Å². The Morgan fingerprint density at radius 2 is 1.97 bits per heavy atom. The molecule has 1 N–H and O–H groups in total. The number of fused-ring (bicyclic) bond motifs is 1. The number of nitrogens with one attached hydrogen (secondary N) is 1. The smallest absolute Gasteiger partial charge is 0.339 e. The van der Waals surface area contributed by atoms with Gasteiger partial charge >= 0.3 is 5.63 Å². The van der Waals surface area contributed by atoms with E-state index in [-0.39, 0.29) is 12.3 Å². The zero-order chi connectivity index (χ0) is 20.6. The molecule has 0 bridgehead atoms. The van der Waals surface area contributed by atoms with E-state index in [1.54, 1.807) is 24.9 Å². The highest BCUT2D eigenvalue weighted by Gasteiger charge is 2.13. The molecular formula is C23H25NO4S. The molecule has 152 valence electrons. The SMILES string of the molecule is COc1ccc2c(C)c(CCC(=O)NCCCSc3ccccc3)c(=O)oc2c1. The average Bonchev–Trinajstić information content (AvgIpc) is 2.73. The van der Waals surface area contributed by atoms with Crippen LogP contribution < -0.4 is 15.7 Å². The number of benzene rings is 2. The molecule has 3 aromatic rings. The van der Waals surface area contributed by atoms with Crippen molar-refractivity contribution in [3.05, 3.63) is 70.1 Å². The van der Waals surface area contributed by atoms with Gasteiger partial charge in [-0.3, -0.25) is 4.79 Å². The molecule has 0 aliphatic carbocycles. The van der Waals surface area contributed by atoms with Crippen LogP contribution in [0.2, 0.25) is 0 Å². The lowest BCUT2D eigenvalue weighted by atomic mass is 10.0. The number of methoxy groups -OCH3 is 1. The molecule has 0 unspecified atom stereocenters. The van der Waals surface area contributed by atoms with Gasteiger partial charge in [0.2, 0.25) is 5.91 Å². The topological polar surface area (TPSA) is 68.5 Å². The van der Waals surface area contributed by atoms with E-state index in [4.69, 9.17) is 9.15 Å². The summed E-state index contributed by atoms with van der Waals surface area (Å²) in [7, 11) is 1.57. The molecule has 0 radical (unpaired) electrons. The summed E-state index contributed by atoms with van der Waals surface area (Å²) >= 11 is 1.78. The predicted molar refractivity (Wildman–Crippen MR) is 117 cm³/mol. The Labute approximate surface area is 174 Å². The van der Waals surface area contributed by atoms with E-state index in [1.165, 1.54) is 4.90 Å². The molecule has 0 aliphatic rings. The summed E-state index contributed by atoms with van der Waals surface area (Å²) in [5, 5.41) is 3.79. The van der Waals surface area contributed by atoms with Crippen LogP contribution in [0.5, 0.6) is 5.75 Å². The standard InChI is InChI=1S/C23H25NO4S/c1-16-19-10-9-17(27-2)15-21(19)28-23(26)20(16)11-12-22(25)24-13-6-14-29-18-7-4-3-5-8-18/h3-5,7-10,15H,6,11-14H2,1-2H3,(H,24,25). The monoisotopic (exact) mass is 411 g/mol. The molecule has 0 saturated heterocycles.